The minimum absolute atomic E-state index is 0.00974. The summed E-state index contributed by atoms with van der Waals surface area (Å²) in [6.45, 7) is 3.83. The molecule has 0 aromatic heterocycles. The minimum atomic E-state index is -4.08. The maximum absolute atomic E-state index is 13.5. The van der Waals surface area contributed by atoms with E-state index in [0.717, 1.165) is 12.5 Å². The van der Waals surface area contributed by atoms with Crippen LogP contribution < -0.4 is 5.32 Å². The summed E-state index contributed by atoms with van der Waals surface area (Å²) in [6, 6.07) is 4.06. The number of hydrogen-bond donors (Lipinski definition) is 2. The molecule has 28 heavy (non-hydrogen) atoms. The second-order valence-corrected chi connectivity index (χ2v) is 9.02. The molecular weight excluding hydrogens is 404 g/mol. The summed E-state index contributed by atoms with van der Waals surface area (Å²) in [4.78, 5) is 23.9. The number of carboxylic acids is 1. The van der Waals surface area contributed by atoms with Crippen LogP contribution in [0.15, 0.2) is 40.8 Å². The Morgan fingerprint density at radius 3 is 2.57 bits per heavy atom. The van der Waals surface area contributed by atoms with Gasteiger partial charge in [0.15, 0.2) is 0 Å². The van der Waals surface area contributed by atoms with Crippen molar-refractivity contribution in [3.05, 3.63) is 40.9 Å². The first-order valence-corrected chi connectivity index (χ1v) is 11.0. The molecule has 1 amide bonds. The first kappa shape index (κ1) is 22.4. The molecule has 0 saturated carbocycles. The third-order valence-electron chi connectivity index (χ3n) is 4.77. The SMILES string of the molecule is CCC(/C(C)=C/C(=O)O)N([C@@H]1CCCCNC1=O)S(=O)(=O)c1ccc(Cl)cc1. The Balaban J connectivity index is 2.61. The van der Waals surface area contributed by atoms with Crippen LogP contribution in [0.4, 0.5) is 0 Å². The molecule has 1 aromatic carbocycles. The van der Waals surface area contributed by atoms with Crippen LogP contribution in [0.3, 0.4) is 0 Å². The molecule has 7 nitrogen and oxygen atoms in total. The molecule has 1 heterocycles. The Labute approximate surface area is 170 Å². The maximum atomic E-state index is 13.5. The van der Waals surface area contributed by atoms with Crippen LogP contribution in [0.2, 0.25) is 5.02 Å². The molecule has 2 rings (SSSR count). The lowest BCUT2D eigenvalue weighted by atomic mass is 10.0. The number of nitrogens with zero attached hydrogens (tertiary/aromatic N) is 1. The van der Waals surface area contributed by atoms with Gasteiger partial charge in [0.05, 0.1) is 4.90 Å². The number of carbonyl (C=O) groups is 2. The Morgan fingerprint density at radius 1 is 1.36 bits per heavy atom. The van der Waals surface area contributed by atoms with Gasteiger partial charge < -0.3 is 10.4 Å². The molecule has 0 aliphatic carbocycles. The Bertz CT molecular complexity index is 852. The highest BCUT2D eigenvalue weighted by Gasteiger charge is 2.41. The smallest absolute Gasteiger partial charge is 0.328 e. The Hall–Kier alpha value is -1.90. The van der Waals surface area contributed by atoms with Gasteiger partial charge in [0.1, 0.15) is 6.04 Å². The van der Waals surface area contributed by atoms with E-state index in [4.69, 9.17) is 16.7 Å². The number of aliphatic carboxylic acids is 1. The lowest BCUT2D eigenvalue weighted by molar-refractivity contribution is -0.131. The molecule has 1 aromatic rings. The highest BCUT2D eigenvalue weighted by atomic mass is 35.5. The standard InChI is InChI=1S/C19H25ClN2O5S/c1-3-16(13(2)12-18(23)24)22(17-6-4-5-11-21-19(17)25)28(26,27)15-9-7-14(20)8-10-15/h7-10,12,16-17H,3-6,11H2,1-2H3,(H,21,25)(H,23,24)/b13-12+/t16?,17-/m1/s1. The van der Waals surface area contributed by atoms with Gasteiger partial charge in [0.2, 0.25) is 15.9 Å². The fraction of sp³-hybridized carbons (Fsp3) is 0.474. The van der Waals surface area contributed by atoms with Gasteiger partial charge in [-0.15, -0.1) is 0 Å². The molecule has 2 N–H and O–H groups in total. The van der Waals surface area contributed by atoms with Gasteiger partial charge >= 0.3 is 5.97 Å². The molecule has 154 valence electrons. The summed E-state index contributed by atoms with van der Waals surface area (Å²) < 4.78 is 28.2. The van der Waals surface area contributed by atoms with E-state index in [1.54, 1.807) is 13.8 Å². The quantitative estimate of drug-likeness (QED) is 0.650. The second-order valence-electron chi connectivity index (χ2n) is 6.74. The van der Waals surface area contributed by atoms with E-state index in [0.29, 0.717) is 36.4 Å². The van der Waals surface area contributed by atoms with Gasteiger partial charge in [-0.3, -0.25) is 4.79 Å². The number of sulfonamides is 1. The van der Waals surface area contributed by atoms with Crippen molar-refractivity contribution in [1.29, 1.82) is 0 Å². The van der Waals surface area contributed by atoms with Crippen LogP contribution in [0.25, 0.3) is 0 Å². The van der Waals surface area contributed by atoms with Crippen molar-refractivity contribution in [2.45, 2.75) is 56.5 Å². The topological polar surface area (TPSA) is 104 Å². The summed E-state index contributed by atoms with van der Waals surface area (Å²) in [5.74, 6) is -1.53. The van der Waals surface area contributed by atoms with Crippen LogP contribution in [0.1, 0.15) is 39.5 Å². The number of halogens is 1. The van der Waals surface area contributed by atoms with E-state index in [1.165, 1.54) is 28.6 Å². The summed E-state index contributed by atoms with van der Waals surface area (Å²) in [6.07, 6.45) is 3.14. The zero-order valence-electron chi connectivity index (χ0n) is 15.9. The summed E-state index contributed by atoms with van der Waals surface area (Å²) in [5.41, 5.74) is 0.365. The number of nitrogens with one attached hydrogen (secondary N) is 1. The van der Waals surface area contributed by atoms with Crippen molar-refractivity contribution in [3.63, 3.8) is 0 Å². The first-order chi connectivity index (χ1) is 13.2. The number of carboxylic acid groups (broad SMARTS) is 1. The monoisotopic (exact) mass is 428 g/mol. The molecule has 1 unspecified atom stereocenters. The van der Waals surface area contributed by atoms with E-state index in [2.05, 4.69) is 5.32 Å². The summed E-state index contributed by atoms with van der Waals surface area (Å²) in [5, 5.41) is 12.3. The van der Waals surface area contributed by atoms with Crippen molar-refractivity contribution in [1.82, 2.24) is 9.62 Å². The van der Waals surface area contributed by atoms with Gasteiger partial charge in [-0.05, 0) is 62.4 Å². The zero-order chi connectivity index (χ0) is 20.9. The minimum Gasteiger partial charge on any atom is -0.478 e. The van der Waals surface area contributed by atoms with E-state index in [1.807, 2.05) is 0 Å². The van der Waals surface area contributed by atoms with Crippen molar-refractivity contribution >= 4 is 33.5 Å². The number of hydrogen-bond acceptors (Lipinski definition) is 4. The lowest BCUT2D eigenvalue weighted by Crippen LogP contribution is -2.53. The fourth-order valence-corrected chi connectivity index (χ4v) is 5.48. The predicted molar refractivity (Wildman–Crippen MR) is 107 cm³/mol. The third kappa shape index (κ3) is 5.12. The fourth-order valence-electron chi connectivity index (χ4n) is 3.44. The van der Waals surface area contributed by atoms with Crippen molar-refractivity contribution in [2.24, 2.45) is 0 Å². The molecule has 9 heteroatoms. The van der Waals surface area contributed by atoms with E-state index >= 15 is 0 Å². The molecule has 0 spiro atoms. The van der Waals surface area contributed by atoms with Crippen molar-refractivity contribution < 1.29 is 23.1 Å². The number of amides is 1. The molecule has 1 fully saturated rings. The summed E-state index contributed by atoms with van der Waals surface area (Å²) in [7, 11) is -4.08. The normalized spacial score (nSPS) is 19.8. The van der Waals surface area contributed by atoms with Crippen molar-refractivity contribution in [2.75, 3.05) is 6.54 Å². The number of rotatable bonds is 7. The van der Waals surface area contributed by atoms with Gasteiger partial charge in [0.25, 0.3) is 0 Å². The van der Waals surface area contributed by atoms with E-state index in [9.17, 15) is 18.0 Å². The van der Waals surface area contributed by atoms with Crippen LogP contribution >= 0.6 is 11.6 Å². The highest BCUT2D eigenvalue weighted by Crippen LogP contribution is 2.30. The van der Waals surface area contributed by atoms with Crippen LogP contribution in [-0.2, 0) is 19.6 Å². The van der Waals surface area contributed by atoms with Crippen molar-refractivity contribution in [3.8, 4) is 0 Å². The van der Waals surface area contributed by atoms with E-state index in [-0.39, 0.29) is 10.8 Å². The van der Waals surface area contributed by atoms with Crippen LogP contribution in [0.5, 0.6) is 0 Å². The average molecular weight is 429 g/mol. The lowest BCUT2D eigenvalue weighted by Gasteiger charge is -2.36. The Kier molecular flexibility index (Phi) is 7.63. The van der Waals surface area contributed by atoms with Crippen LogP contribution in [0, 0.1) is 0 Å². The Morgan fingerprint density at radius 2 is 2.00 bits per heavy atom. The number of carbonyl (C=O) groups excluding carboxylic acids is 1. The number of benzene rings is 1. The first-order valence-electron chi connectivity index (χ1n) is 9.16. The second kappa shape index (κ2) is 9.54. The van der Waals surface area contributed by atoms with E-state index < -0.39 is 28.1 Å². The maximum Gasteiger partial charge on any atom is 0.328 e. The summed E-state index contributed by atoms with van der Waals surface area (Å²) >= 11 is 5.89. The van der Waals surface area contributed by atoms with Gasteiger partial charge in [-0.25, -0.2) is 13.2 Å². The molecule has 2 atom stereocenters. The average Bonchev–Trinajstić information content (AvgIpc) is 2.83. The van der Waals surface area contributed by atoms with Crippen LogP contribution in [-0.4, -0.2) is 48.3 Å². The highest BCUT2D eigenvalue weighted by molar-refractivity contribution is 7.89. The molecular formula is C19H25ClN2O5S. The predicted octanol–water partition coefficient (Wildman–Crippen LogP) is 2.81. The molecule has 1 aliphatic heterocycles. The van der Waals surface area contributed by atoms with Gasteiger partial charge in [-0.2, -0.15) is 4.31 Å². The largest absolute Gasteiger partial charge is 0.478 e. The van der Waals surface area contributed by atoms with Gasteiger partial charge in [-0.1, -0.05) is 18.5 Å². The zero-order valence-corrected chi connectivity index (χ0v) is 17.5. The third-order valence-corrected chi connectivity index (χ3v) is 6.96. The van der Waals surface area contributed by atoms with Gasteiger partial charge in [0, 0.05) is 23.7 Å². The molecule has 0 bridgehead atoms. The molecule has 1 aliphatic rings. The molecule has 1 saturated heterocycles. The molecule has 0 radical (unpaired) electrons.